The molecule has 1 aliphatic heterocycles. The van der Waals surface area contributed by atoms with E-state index in [0.717, 1.165) is 12.1 Å². The van der Waals surface area contributed by atoms with Gasteiger partial charge in [0.15, 0.2) is 0 Å². The van der Waals surface area contributed by atoms with Crippen LogP contribution >= 0.6 is 0 Å². The van der Waals surface area contributed by atoms with Gasteiger partial charge in [0.25, 0.3) is 11.6 Å². The number of nitro groups is 1. The normalized spacial score (nSPS) is 15.0. The molecule has 1 heterocycles. The zero-order valence-electron chi connectivity index (χ0n) is 16.5. The van der Waals surface area contributed by atoms with E-state index in [2.05, 4.69) is 4.72 Å². The summed E-state index contributed by atoms with van der Waals surface area (Å²) >= 11 is 0. The molecule has 1 amide bonds. The molecule has 1 N–H and O–H groups in total. The van der Waals surface area contributed by atoms with Gasteiger partial charge in [0, 0.05) is 36.8 Å². The van der Waals surface area contributed by atoms with Gasteiger partial charge < -0.3 is 9.64 Å². The number of likely N-dealkylation sites (tertiary alicyclic amines) is 1. The molecule has 0 saturated carbocycles. The van der Waals surface area contributed by atoms with Crippen LogP contribution in [-0.4, -0.2) is 49.9 Å². The third-order valence-electron chi connectivity index (χ3n) is 4.87. The molecule has 0 aliphatic carbocycles. The molecule has 2 aromatic rings. The van der Waals surface area contributed by atoms with Crippen molar-refractivity contribution < 1.29 is 22.9 Å². The standard InChI is InChI=1S/C20H23N3O6S/c1-2-29-18-7-3-15(4-8-18)20(24)22-13-11-16(12-14-22)21-30(27,28)19-9-5-17(6-10-19)23(25)26/h3-10,16,21H,2,11-14H2,1H3. The number of ether oxygens (including phenoxy) is 1. The van der Waals surface area contributed by atoms with E-state index in [4.69, 9.17) is 4.74 Å². The lowest BCUT2D eigenvalue weighted by Gasteiger charge is -2.32. The predicted octanol–water partition coefficient (Wildman–Crippen LogP) is 2.58. The number of piperidine rings is 1. The number of hydrogen-bond donors (Lipinski definition) is 1. The molecule has 1 aliphatic rings. The molecule has 0 aromatic heterocycles. The van der Waals surface area contributed by atoms with Crippen LogP contribution in [0.1, 0.15) is 30.1 Å². The Bertz CT molecular complexity index is 998. The highest BCUT2D eigenvalue weighted by Gasteiger charge is 2.27. The first-order valence-corrected chi connectivity index (χ1v) is 11.1. The number of nitro benzene ring substituents is 1. The Kier molecular flexibility index (Phi) is 6.68. The zero-order valence-corrected chi connectivity index (χ0v) is 17.3. The van der Waals surface area contributed by atoms with Crippen molar-refractivity contribution >= 4 is 21.6 Å². The molecule has 30 heavy (non-hydrogen) atoms. The van der Waals surface area contributed by atoms with Gasteiger partial charge in [-0.2, -0.15) is 0 Å². The van der Waals surface area contributed by atoms with Gasteiger partial charge in [-0.15, -0.1) is 0 Å². The maximum Gasteiger partial charge on any atom is 0.269 e. The van der Waals surface area contributed by atoms with Crippen molar-refractivity contribution in [1.29, 1.82) is 0 Å². The third-order valence-corrected chi connectivity index (χ3v) is 6.41. The largest absolute Gasteiger partial charge is 0.494 e. The average Bonchev–Trinajstić information content (AvgIpc) is 2.74. The first-order valence-electron chi connectivity index (χ1n) is 9.59. The molecule has 2 aromatic carbocycles. The Morgan fingerprint density at radius 3 is 2.27 bits per heavy atom. The van der Waals surface area contributed by atoms with Crippen LogP contribution in [0.4, 0.5) is 5.69 Å². The molecule has 9 nitrogen and oxygen atoms in total. The van der Waals surface area contributed by atoms with Gasteiger partial charge in [-0.1, -0.05) is 0 Å². The van der Waals surface area contributed by atoms with Crippen molar-refractivity contribution in [2.75, 3.05) is 19.7 Å². The molecular formula is C20H23N3O6S. The number of rotatable bonds is 7. The topological polar surface area (TPSA) is 119 Å². The lowest BCUT2D eigenvalue weighted by atomic mass is 10.0. The number of carbonyl (C=O) groups excluding carboxylic acids is 1. The molecule has 1 fully saturated rings. The fourth-order valence-electron chi connectivity index (χ4n) is 3.28. The number of sulfonamides is 1. The van der Waals surface area contributed by atoms with Gasteiger partial charge in [-0.05, 0) is 56.2 Å². The zero-order chi connectivity index (χ0) is 21.7. The highest BCUT2D eigenvalue weighted by Crippen LogP contribution is 2.20. The second-order valence-electron chi connectivity index (χ2n) is 6.90. The van der Waals surface area contributed by atoms with Crippen LogP contribution < -0.4 is 9.46 Å². The van der Waals surface area contributed by atoms with Crippen molar-refractivity contribution in [2.45, 2.75) is 30.7 Å². The average molecular weight is 433 g/mol. The van der Waals surface area contributed by atoms with E-state index in [1.165, 1.54) is 12.1 Å². The summed E-state index contributed by atoms with van der Waals surface area (Å²) < 4.78 is 33.1. The Balaban J connectivity index is 1.57. The Morgan fingerprint density at radius 2 is 1.73 bits per heavy atom. The lowest BCUT2D eigenvalue weighted by Crippen LogP contribution is -2.46. The van der Waals surface area contributed by atoms with Crippen LogP contribution in [0, 0.1) is 10.1 Å². The summed E-state index contributed by atoms with van der Waals surface area (Å²) in [5.41, 5.74) is 0.387. The molecular weight excluding hydrogens is 410 g/mol. The Morgan fingerprint density at radius 1 is 1.13 bits per heavy atom. The summed E-state index contributed by atoms with van der Waals surface area (Å²) in [6.45, 7) is 3.30. The minimum atomic E-state index is -3.79. The van der Waals surface area contributed by atoms with Crippen LogP contribution in [0.3, 0.4) is 0 Å². The first kappa shape index (κ1) is 21.7. The SMILES string of the molecule is CCOc1ccc(C(=O)N2CCC(NS(=O)(=O)c3ccc([N+](=O)[O-])cc3)CC2)cc1. The van der Waals surface area contributed by atoms with E-state index in [-0.39, 0.29) is 22.5 Å². The second kappa shape index (κ2) is 9.23. The monoisotopic (exact) mass is 433 g/mol. The number of non-ortho nitro benzene ring substituents is 1. The molecule has 3 rings (SSSR count). The van der Waals surface area contributed by atoms with Crippen LogP contribution in [0.25, 0.3) is 0 Å². The predicted molar refractivity (Wildman–Crippen MR) is 110 cm³/mol. The lowest BCUT2D eigenvalue weighted by molar-refractivity contribution is -0.384. The van der Waals surface area contributed by atoms with Crippen molar-refractivity contribution in [3.63, 3.8) is 0 Å². The van der Waals surface area contributed by atoms with Crippen molar-refractivity contribution in [1.82, 2.24) is 9.62 Å². The number of hydrogen-bond acceptors (Lipinski definition) is 6. The van der Waals surface area contributed by atoms with E-state index >= 15 is 0 Å². The van der Waals surface area contributed by atoms with Crippen LogP contribution in [0.15, 0.2) is 53.4 Å². The van der Waals surface area contributed by atoms with Gasteiger partial charge in [-0.3, -0.25) is 14.9 Å². The summed E-state index contributed by atoms with van der Waals surface area (Å²) in [6.07, 6.45) is 0.962. The number of carbonyl (C=O) groups is 1. The second-order valence-corrected chi connectivity index (χ2v) is 8.61. The van der Waals surface area contributed by atoms with Crippen LogP contribution in [-0.2, 0) is 10.0 Å². The summed E-state index contributed by atoms with van der Waals surface area (Å²) in [5.74, 6) is 0.600. The summed E-state index contributed by atoms with van der Waals surface area (Å²) in [7, 11) is -3.79. The molecule has 0 bridgehead atoms. The molecule has 1 saturated heterocycles. The first-order chi connectivity index (χ1) is 14.3. The number of nitrogens with one attached hydrogen (secondary N) is 1. The van der Waals surface area contributed by atoms with Gasteiger partial charge in [0.05, 0.1) is 16.4 Å². The third kappa shape index (κ3) is 5.14. The van der Waals surface area contributed by atoms with Crippen LogP contribution in [0.5, 0.6) is 5.75 Å². The van der Waals surface area contributed by atoms with E-state index in [1.807, 2.05) is 6.92 Å². The summed E-state index contributed by atoms with van der Waals surface area (Å²) in [6, 6.07) is 11.4. The number of amides is 1. The molecule has 0 unspecified atom stereocenters. The maximum absolute atomic E-state index is 12.7. The highest BCUT2D eigenvalue weighted by atomic mass is 32.2. The van der Waals surface area contributed by atoms with Crippen molar-refractivity contribution in [3.05, 3.63) is 64.2 Å². The van der Waals surface area contributed by atoms with E-state index < -0.39 is 14.9 Å². The van der Waals surface area contributed by atoms with Gasteiger partial charge in [-0.25, -0.2) is 13.1 Å². The smallest absolute Gasteiger partial charge is 0.269 e. The maximum atomic E-state index is 12.7. The fourth-order valence-corrected chi connectivity index (χ4v) is 4.58. The minimum absolute atomic E-state index is 0.0269. The highest BCUT2D eigenvalue weighted by molar-refractivity contribution is 7.89. The van der Waals surface area contributed by atoms with E-state index in [1.54, 1.807) is 29.2 Å². The quantitative estimate of drug-likeness (QED) is 0.529. The molecule has 10 heteroatoms. The minimum Gasteiger partial charge on any atom is -0.494 e. The Labute approximate surface area is 174 Å². The van der Waals surface area contributed by atoms with Gasteiger partial charge >= 0.3 is 0 Å². The number of benzene rings is 2. The molecule has 0 atom stereocenters. The number of nitrogens with zero attached hydrogens (tertiary/aromatic N) is 2. The van der Waals surface area contributed by atoms with E-state index in [0.29, 0.717) is 43.9 Å². The molecule has 0 radical (unpaired) electrons. The van der Waals surface area contributed by atoms with Crippen molar-refractivity contribution in [2.24, 2.45) is 0 Å². The van der Waals surface area contributed by atoms with Crippen LogP contribution in [0.2, 0.25) is 0 Å². The fraction of sp³-hybridized carbons (Fsp3) is 0.350. The molecule has 0 spiro atoms. The van der Waals surface area contributed by atoms with E-state index in [9.17, 15) is 23.3 Å². The van der Waals surface area contributed by atoms with Gasteiger partial charge in [0.1, 0.15) is 5.75 Å². The summed E-state index contributed by atoms with van der Waals surface area (Å²) in [5, 5.41) is 10.7. The van der Waals surface area contributed by atoms with Gasteiger partial charge in [0.2, 0.25) is 10.0 Å². The Hall–Kier alpha value is -2.98. The summed E-state index contributed by atoms with van der Waals surface area (Å²) in [4.78, 5) is 24.5. The van der Waals surface area contributed by atoms with Crippen molar-refractivity contribution in [3.8, 4) is 5.75 Å². The molecule has 160 valence electrons.